The lowest BCUT2D eigenvalue weighted by Gasteiger charge is -1.99. The molecule has 0 fully saturated rings. The molecule has 0 aromatic carbocycles. The highest BCUT2D eigenvalue weighted by molar-refractivity contribution is 5.69. The van der Waals surface area contributed by atoms with Crippen LogP contribution in [0.3, 0.4) is 0 Å². The summed E-state index contributed by atoms with van der Waals surface area (Å²) in [5.74, 6) is -0.338. The number of carbonyl (C=O) groups excluding carboxylic acids is 1. The lowest BCUT2D eigenvalue weighted by atomic mass is 10.5. The Kier molecular flexibility index (Phi) is 2.32. The van der Waals surface area contributed by atoms with Gasteiger partial charge in [0.25, 0.3) is 5.69 Å². The van der Waals surface area contributed by atoms with Crippen molar-refractivity contribution < 1.29 is 14.5 Å². The average molecular weight is 184 g/mol. The fourth-order valence-corrected chi connectivity index (χ4v) is 0.876. The Labute approximate surface area is 73.9 Å². The highest BCUT2D eigenvalue weighted by atomic mass is 16.6. The molecule has 13 heavy (non-hydrogen) atoms. The van der Waals surface area contributed by atoms with Crippen molar-refractivity contribution >= 4 is 11.7 Å². The zero-order valence-electron chi connectivity index (χ0n) is 7.18. The topological polar surface area (TPSA) is 74.4 Å². The molecule has 0 radical (unpaired) electrons. The number of esters is 1. The third kappa shape index (κ3) is 2.05. The van der Waals surface area contributed by atoms with Crippen LogP contribution in [0.4, 0.5) is 5.69 Å². The molecule has 1 heterocycles. The van der Waals surface area contributed by atoms with Crippen LogP contribution in [0.1, 0.15) is 6.92 Å². The van der Waals surface area contributed by atoms with Gasteiger partial charge in [-0.1, -0.05) is 0 Å². The van der Waals surface area contributed by atoms with E-state index in [0.29, 0.717) is 0 Å². The van der Waals surface area contributed by atoms with E-state index in [1.807, 2.05) is 0 Å². The fraction of sp³-hybridized carbons (Fsp3) is 0.286. The van der Waals surface area contributed by atoms with Gasteiger partial charge < -0.3 is 9.30 Å². The monoisotopic (exact) mass is 184 g/mol. The summed E-state index contributed by atoms with van der Waals surface area (Å²) in [6, 6.07) is 1.20. The Bertz CT molecular complexity index is 355. The first kappa shape index (κ1) is 9.24. The van der Waals surface area contributed by atoms with Crippen molar-refractivity contribution in [2.45, 2.75) is 6.92 Å². The number of nitrogens with zero attached hydrogens (tertiary/aromatic N) is 2. The van der Waals surface area contributed by atoms with Gasteiger partial charge in [0.05, 0.1) is 17.2 Å². The maximum Gasteiger partial charge on any atom is 0.309 e. The molecule has 6 heteroatoms. The predicted octanol–water partition coefficient (Wildman–Crippen LogP) is 0.859. The molecule has 0 atom stereocenters. The van der Waals surface area contributed by atoms with E-state index in [-0.39, 0.29) is 11.6 Å². The summed E-state index contributed by atoms with van der Waals surface area (Å²) < 4.78 is 6.07. The summed E-state index contributed by atoms with van der Waals surface area (Å²) in [6.45, 7) is 1.23. The molecule has 70 valence electrons. The van der Waals surface area contributed by atoms with Crippen molar-refractivity contribution in [3.8, 4) is 5.88 Å². The van der Waals surface area contributed by atoms with Crippen LogP contribution < -0.4 is 4.74 Å². The van der Waals surface area contributed by atoms with Crippen LogP contribution in [-0.4, -0.2) is 15.5 Å². The summed E-state index contributed by atoms with van der Waals surface area (Å²) in [5, 5.41) is 10.3. The van der Waals surface area contributed by atoms with Crippen molar-refractivity contribution in [2.24, 2.45) is 7.05 Å². The Morgan fingerprint density at radius 3 is 2.69 bits per heavy atom. The quantitative estimate of drug-likeness (QED) is 0.388. The van der Waals surface area contributed by atoms with Gasteiger partial charge in [-0.3, -0.25) is 14.9 Å². The summed E-state index contributed by atoms with van der Waals surface area (Å²) in [7, 11) is 1.56. The molecule has 0 spiro atoms. The van der Waals surface area contributed by atoms with Crippen LogP contribution in [0.2, 0.25) is 0 Å². The van der Waals surface area contributed by atoms with Crippen molar-refractivity contribution in [3.63, 3.8) is 0 Å². The number of hydrogen-bond acceptors (Lipinski definition) is 4. The van der Waals surface area contributed by atoms with Gasteiger partial charge in [-0.05, 0) is 0 Å². The molecule has 1 rings (SSSR count). The molecule has 6 nitrogen and oxygen atoms in total. The summed E-state index contributed by atoms with van der Waals surface area (Å²) >= 11 is 0. The number of aromatic nitrogens is 1. The number of rotatable bonds is 2. The molecule has 0 aliphatic carbocycles. The minimum Gasteiger partial charge on any atom is -0.409 e. The first-order valence-corrected chi connectivity index (χ1v) is 3.50. The van der Waals surface area contributed by atoms with E-state index in [4.69, 9.17) is 4.74 Å². The molecule has 0 amide bonds. The van der Waals surface area contributed by atoms with Gasteiger partial charge in [-0.2, -0.15) is 0 Å². The van der Waals surface area contributed by atoms with Crippen LogP contribution in [0.15, 0.2) is 12.3 Å². The fourth-order valence-electron chi connectivity index (χ4n) is 0.876. The average Bonchev–Trinajstić information content (AvgIpc) is 2.31. The zero-order chi connectivity index (χ0) is 10.0. The van der Waals surface area contributed by atoms with Crippen molar-refractivity contribution in [3.05, 3.63) is 22.4 Å². The second kappa shape index (κ2) is 3.26. The highest BCUT2D eigenvalue weighted by Gasteiger charge is 2.13. The molecule has 0 aliphatic heterocycles. The van der Waals surface area contributed by atoms with E-state index in [1.165, 1.54) is 23.8 Å². The lowest BCUT2D eigenvalue weighted by molar-refractivity contribution is -0.384. The third-order valence-electron chi connectivity index (χ3n) is 1.40. The number of carbonyl (C=O) groups is 1. The molecule has 1 aromatic heterocycles. The number of hydrogen-bond donors (Lipinski definition) is 0. The van der Waals surface area contributed by atoms with E-state index in [2.05, 4.69) is 0 Å². The standard InChI is InChI=1S/C7H8N2O4/c1-5(10)13-7-3-6(9(11)12)4-8(7)2/h3-4H,1-2H3. The van der Waals surface area contributed by atoms with Gasteiger partial charge >= 0.3 is 5.97 Å². The normalized spacial score (nSPS) is 9.69. The highest BCUT2D eigenvalue weighted by Crippen LogP contribution is 2.21. The molecular weight excluding hydrogens is 176 g/mol. The van der Waals surface area contributed by atoms with Gasteiger partial charge in [0, 0.05) is 14.0 Å². The van der Waals surface area contributed by atoms with Gasteiger partial charge in [-0.25, -0.2) is 0 Å². The smallest absolute Gasteiger partial charge is 0.309 e. The van der Waals surface area contributed by atoms with E-state index < -0.39 is 10.9 Å². The Morgan fingerprint density at radius 2 is 2.31 bits per heavy atom. The zero-order valence-corrected chi connectivity index (χ0v) is 7.18. The Hall–Kier alpha value is -1.85. The number of nitro groups is 1. The molecule has 0 unspecified atom stereocenters. The van der Waals surface area contributed by atoms with E-state index in [0.717, 1.165) is 0 Å². The number of ether oxygens (including phenoxy) is 1. The van der Waals surface area contributed by atoms with Crippen molar-refractivity contribution in [2.75, 3.05) is 0 Å². The summed E-state index contributed by atoms with van der Waals surface area (Å²) in [6.07, 6.45) is 1.28. The molecule has 0 saturated carbocycles. The number of aryl methyl sites for hydroxylation is 1. The van der Waals surface area contributed by atoms with E-state index >= 15 is 0 Å². The van der Waals surface area contributed by atoms with Crippen LogP contribution in [0.25, 0.3) is 0 Å². The SMILES string of the molecule is CC(=O)Oc1cc([N+](=O)[O-])cn1C. The van der Waals surface area contributed by atoms with Crippen LogP contribution >= 0.6 is 0 Å². The lowest BCUT2D eigenvalue weighted by Crippen LogP contribution is -2.04. The Morgan fingerprint density at radius 1 is 1.69 bits per heavy atom. The molecular formula is C7H8N2O4. The molecule has 0 N–H and O–H groups in total. The van der Waals surface area contributed by atoms with E-state index in [9.17, 15) is 14.9 Å². The van der Waals surface area contributed by atoms with Crippen LogP contribution in [0, 0.1) is 10.1 Å². The maximum absolute atomic E-state index is 10.5. The first-order chi connectivity index (χ1) is 6.00. The van der Waals surface area contributed by atoms with Gasteiger partial charge in [0.1, 0.15) is 0 Å². The van der Waals surface area contributed by atoms with Crippen LogP contribution in [0.5, 0.6) is 5.88 Å². The predicted molar refractivity (Wildman–Crippen MR) is 43.4 cm³/mol. The Balaban J connectivity index is 2.96. The summed E-state index contributed by atoms with van der Waals surface area (Å²) in [4.78, 5) is 20.3. The van der Waals surface area contributed by atoms with Crippen molar-refractivity contribution in [1.82, 2.24) is 4.57 Å². The molecule has 0 bridgehead atoms. The minimum atomic E-state index is -0.549. The maximum atomic E-state index is 10.5. The third-order valence-corrected chi connectivity index (χ3v) is 1.40. The van der Waals surface area contributed by atoms with Gasteiger partial charge in [0.2, 0.25) is 5.88 Å². The largest absolute Gasteiger partial charge is 0.409 e. The molecule has 0 aliphatic rings. The van der Waals surface area contributed by atoms with E-state index in [1.54, 1.807) is 7.05 Å². The first-order valence-electron chi connectivity index (χ1n) is 3.50. The minimum absolute atomic E-state index is 0.0984. The van der Waals surface area contributed by atoms with Crippen molar-refractivity contribution in [1.29, 1.82) is 0 Å². The second-order valence-corrected chi connectivity index (χ2v) is 2.50. The summed E-state index contributed by atoms with van der Waals surface area (Å²) in [5.41, 5.74) is -0.0984. The van der Waals surface area contributed by atoms with Crippen LogP contribution in [-0.2, 0) is 11.8 Å². The molecule has 1 aromatic rings. The van der Waals surface area contributed by atoms with Gasteiger partial charge in [-0.15, -0.1) is 0 Å². The molecule has 0 saturated heterocycles. The second-order valence-electron chi connectivity index (χ2n) is 2.50. The van der Waals surface area contributed by atoms with Gasteiger partial charge in [0.15, 0.2) is 0 Å².